The van der Waals surface area contributed by atoms with E-state index in [0.717, 1.165) is 8.95 Å². The predicted octanol–water partition coefficient (Wildman–Crippen LogP) is 3.03. The number of hydrogen-bond acceptors (Lipinski definition) is 4. The van der Waals surface area contributed by atoms with Crippen molar-refractivity contribution in [3.8, 4) is 6.07 Å². The topological polar surface area (TPSA) is 79.2 Å². The Kier molecular flexibility index (Phi) is 6.85. The van der Waals surface area contributed by atoms with Crippen molar-refractivity contribution in [1.82, 2.24) is 5.32 Å². The molecule has 1 rings (SSSR count). The highest BCUT2D eigenvalue weighted by atomic mass is 79.9. The monoisotopic (exact) mass is 416 g/mol. The van der Waals surface area contributed by atoms with Gasteiger partial charge in [0.1, 0.15) is 6.04 Å². The number of halogens is 2. The van der Waals surface area contributed by atoms with Crippen LogP contribution < -0.4 is 5.32 Å². The van der Waals surface area contributed by atoms with Crippen LogP contribution in [-0.4, -0.2) is 25.0 Å². The fourth-order valence-electron chi connectivity index (χ4n) is 1.73. The first-order valence-corrected chi connectivity index (χ1v) is 7.69. The van der Waals surface area contributed by atoms with Gasteiger partial charge in [-0.05, 0) is 18.2 Å². The summed E-state index contributed by atoms with van der Waals surface area (Å²) in [5.74, 6) is -1.32. The van der Waals surface area contributed by atoms with E-state index in [0.29, 0.717) is 5.56 Å². The van der Waals surface area contributed by atoms with Gasteiger partial charge in [-0.25, -0.2) is 4.79 Å². The molecule has 0 radical (unpaired) electrons. The molecule has 1 N–H and O–H groups in total. The number of carbonyl (C=O) groups excluding carboxylic acids is 2. The van der Waals surface area contributed by atoms with Crippen molar-refractivity contribution in [3.63, 3.8) is 0 Å². The Morgan fingerprint density at radius 2 is 1.90 bits per heavy atom. The van der Waals surface area contributed by atoms with Crippen LogP contribution in [-0.2, 0) is 9.53 Å². The van der Waals surface area contributed by atoms with Gasteiger partial charge in [-0.3, -0.25) is 4.79 Å². The highest BCUT2D eigenvalue weighted by Gasteiger charge is 2.28. The molecule has 0 aliphatic carbocycles. The molecule has 0 aromatic heterocycles. The van der Waals surface area contributed by atoms with Crippen molar-refractivity contribution in [2.75, 3.05) is 7.11 Å². The molecule has 0 bridgehead atoms. The van der Waals surface area contributed by atoms with Crippen LogP contribution in [0.3, 0.4) is 0 Å². The largest absolute Gasteiger partial charge is 0.467 e. The maximum atomic E-state index is 12.2. The predicted molar refractivity (Wildman–Crippen MR) is 84.5 cm³/mol. The molecule has 1 aromatic rings. The number of ether oxygens (including phenoxy) is 1. The first-order valence-electron chi connectivity index (χ1n) is 6.10. The minimum Gasteiger partial charge on any atom is -0.467 e. The Bertz CT molecular complexity index is 564. The maximum Gasteiger partial charge on any atom is 0.328 e. The van der Waals surface area contributed by atoms with Crippen LogP contribution in [0.1, 0.15) is 23.7 Å². The smallest absolute Gasteiger partial charge is 0.328 e. The van der Waals surface area contributed by atoms with Crippen LogP contribution in [0.2, 0.25) is 0 Å². The fraction of sp³-hybridized carbons (Fsp3) is 0.357. The number of nitrogens with zero attached hydrogens (tertiary/aromatic N) is 1. The molecular formula is C14H14Br2N2O3. The number of benzene rings is 1. The number of carbonyl (C=O) groups is 2. The first kappa shape index (κ1) is 17.7. The number of hydrogen-bond donors (Lipinski definition) is 1. The summed E-state index contributed by atoms with van der Waals surface area (Å²) in [6, 6.07) is 6.21. The average Bonchev–Trinajstić information content (AvgIpc) is 2.42. The van der Waals surface area contributed by atoms with Crippen LogP contribution >= 0.6 is 31.9 Å². The lowest BCUT2D eigenvalue weighted by molar-refractivity contribution is -0.144. The van der Waals surface area contributed by atoms with Gasteiger partial charge >= 0.3 is 5.97 Å². The normalized spacial score (nSPS) is 12.9. The lowest BCUT2D eigenvalue weighted by atomic mass is 9.98. The number of methoxy groups -OCH3 is 1. The lowest BCUT2D eigenvalue weighted by Crippen LogP contribution is -2.45. The summed E-state index contributed by atoms with van der Waals surface area (Å²) in [7, 11) is 1.25. The average molecular weight is 418 g/mol. The van der Waals surface area contributed by atoms with Gasteiger partial charge in [0.25, 0.3) is 5.91 Å². The molecule has 0 fully saturated rings. The number of rotatable bonds is 5. The Balaban J connectivity index is 2.95. The van der Waals surface area contributed by atoms with Crippen LogP contribution in [0.15, 0.2) is 27.1 Å². The van der Waals surface area contributed by atoms with Gasteiger partial charge in [-0.15, -0.1) is 0 Å². The van der Waals surface area contributed by atoms with Gasteiger partial charge in [0.05, 0.1) is 13.2 Å². The molecule has 1 aromatic carbocycles. The van der Waals surface area contributed by atoms with Crippen LogP contribution in [0.25, 0.3) is 0 Å². The molecule has 0 aliphatic heterocycles. The second-order valence-electron chi connectivity index (χ2n) is 4.47. The van der Waals surface area contributed by atoms with Gasteiger partial charge in [0, 0.05) is 26.8 Å². The van der Waals surface area contributed by atoms with E-state index in [2.05, 4.69) is 41.9 Å². The Morgan fingerprint density at radius 3 is 2.38 bits per heavy atom. The summed E-state index contributed by atoms with van der Waals surface area (Å²) in [5.41, 5.74) is 0.398. The molecule has 0 heterocycles. The summed E-state index contributed by atoms with van der Waals surface area (Å²) >= 11 is 6.60. The number of nitrogens with one attached hydrogen (secondary N) is 1. The zero-order valence-corrected chi connectivity index (χ0v) is 14.7. The van der Waals surface area contributed by atoms with Gasteiger partial charge in [-0.2, -0.15) is 5.26 Å². The van der Waals surface area contributed by atoms with Gasteiger partial charge in [0.15, 0.2) is 0 Å². The highest BCUT2D eigenvalue weighted by Crippen LogP contribution is 2.20. The van der Waals surface area contributed by atoms with Crippen molar-refractivity contribution in [1.29, 1.82) is 5.26 Å². The third kappa shape index (κ3) is 5.14. The zero-order chi connectivity index (χ0) is 16.0. The Hall–Kier alpha value is -1.39. The van der Waals surface area contributed by atoms with E-state index in [1.165, 1.54) is 7.11 Å². The standard InChI is InChI=1S/C14H14Br2N2O3/c1-8(3-4-17)12(14(20)21-2)18-13(19)9-5-10(15)7-11(16)6-9/h5-8,12H,3H2,1-2H3,(H,18,19)/t8-,12+/m1/s1. The molecule has 7 heteroatoms. The van der Waals surface area contributed by atoms with E-state index >= 15 is 0 Å². The second kappa shape index (κ2) is 8.15. The van der Waals surface area contributed by atoms with Crippen LogP contribution in [0.4, 0.5) is 0 Å². The highest BCUT2D eigenvalue weighted by molar-refractivity contribution is 9.11. The van der Waals surface area contributed by atoms with Crippen LogP contribution in [0, 0.1) is 17.2 Å². The number of esters is 1. The van der Waals surface area contributed by atoms with E-state index in [9.17, 15) is 9.59 Å². The summed E-state index contributed by atoms with van der Waals surface area (Å²) < 4.78 is 6.16. The molecule has 21 heavy (non-hydrogen) atoms. The van der Waals surface area contributed by atoms with Crippen molar-refractivity contribution in [2.45, 2.75) is 19.4 Å². The van der Waals surface area contributed by atoms with E-state index in [1.54, 1.807) is 25.1 Å². The van der Waals surface area contributed by atoms with E-state index < -0.39 is 17.9 Å². The lowest BCUT2D eigenvalue weighted by Gasteiger charge is -2.21. The van der Waals surface area contributed by atoms with E-state index in [1.807, 2.05) is 6.07 Å². The summed E-state index contributed by atoms with van der Waals surface area (Å²) in [6.45, 7) is 1.71. The van der Waals surface area contributed by atoms with Crippen molar-refractivity contribution < 1.29 is 14.3 Å². The zero-order valence-electron chi connectivity index (χ0n) is 11.5. The minimum absolute atomic E-state index is 0.141. The van der Waals surface area contributed by atoms with Gasteiger partial charge in [0.2, 0.25) is 0 Å². The quantitative estimate of drug-likeness (QED) is 0.746. The molecule has 2 atom stereocenters. The van der Waals surface area contributed by atoms with Gasteiger partial charge < -0.3 is 10.1 Å². The molecule has 112 valence electrons. The summed E-state index contributed by atoms with van der Waals surface area (Å²) in [6.07, 6.45) is 0.141. The SMILES string of the molecule is COC(=O)[C@@H](NC(=O)c1cc(Br)cc(Br)c1)[C@H](C)CC#N. The molecule has 0 unspecified atom stereocenters. The van der Waals surface area contributed by atoms with E-state index in [-0.39, 0.29) is 12.3 Å². The minimum atomic E-state index is -0.861. The van der Waals surface area contributed by atoms with Crippen LogP contribution in [0.5, 0.6) is 0 Å². The number of amides is 1. The molecule has 0 saturated heterocycles. The summed E-state index contributed by atoms with van der Waals surface area (Å²) in [5, 5.41) is 11.4. The Morgan fingerprint density at radius 1 is 1.33 bits per heavy atom. The van der Waals surface area contributed by atoms with Crippen molar-refractivity contribution in [3.05, 3.63) is 32.7 Å². The van der Waals surface area contributed by atoms with E-state index in [4.69, 9.17) is 5.26 Å². The molecule has 0 saturated carbocycles. The molecule has 5 nitrogen and oxygen atoms in total. The van der Waals surface area contributed by atoms with Crippen molar-refractivity contribution in [2.24, 2.45) is 5.92 Å². The van der Waals surface area contributed by atoms with Crippen molar-refractivity contribution >= 4 is 43.7 Å². The molecule has 0 spiro atoms. The summed E-state index contributed by atoms with van der Waals surface area (Å²) in [4.78, 5) is 24.0. The van der Waals surface area contributed by atoms with Gasteiger partial charge in [-0.1, -0.05) is 38.8 Å². The first-order chi connectivity index (χ1) is 9.88. The third-order valence-electron chi connectivity index (χ3n) is 2.85. The molecular weight excluding hydrogens is 404 g/mol. The molecule has 1 amide bonds. The number of nitriles is 1. The molecule has 0 aliphatic rings. The maximum absolute atomic E-state index is 12.2. The third-order valence-corrected chi connectivity index (χ3v) is 3.76. The fourth-order valence-corrected chi connectivity index (χ4v) is 3.03. The Labute approximate surface area is 139 Å². The second-order valence-corrected chi connectivity index (χ2v) is 6.30.